The average Bonchev–Trinajstić information content (AvgIpc) is 2.13. The zero-order valence-electron chi connectivity index (χ0n) is 6.26. The molecule has 2 N–H and O–H groups in total. The van der Waals surface area contributed by atoms with Gasteiger partial charge in [-0.05, 0) is 5.57 Å². The fraction of sp³-hybridized carbons (Fsp3) is 0.250. The largest absolute Gasteiger partial charge is 0.504 e. The second kappa shape index (κ2) is 2.20. The smallest absolute Gasteiger partial charge is 0.267 e. The molecule has 0 atom stereocenters. The summed E-state index contributed by atoms with van der Waals surface area (Å²) in [6.07, 6.45) is 1.94. The van der Waals surface area contributed by atoms with Gasteiger partial charge in [0.05, 0.1) is 0 Å². The van der Waals surface area contributed by atoms with Gasteiger partial charge in [0.25, 0.3) is 5.78 Å². The Balaban J connectivity index is 2.55. The monoisotopic (exact) mass is 165 g/mol. The predicted molar refractivity (Wildman–Crippen MR) is 40.4 cm³/mol. The standard InChI is InChI=1S/C8H7NO3/c10-6-4-1-5(3-9-2-4)7(11)8(6)12/h2,9,11H,1,3H2. The fourth-order valence-electron chi connectivity index (χ4n) is 1.37. The molecule has 0 aromatic heterocycles. The summed E-state index contributed by atoms with van der Waals surface area (Å²) in [7, 11) is 0. The van der Waals surface area contributed by atoms with E-state index in [9.17, 15) is 14.7 Å². The van der Waals surface area contributed by atoms with Crippen LogP contribution in [-0.4, -0.2) is 23.2 Å². The van der Waals surface area contributed by atoms with Crippen LogP contribution in [0.25, 0.3) is 0 Å². The van der Waals surface area contributed by atoms with E-state index in [0.29, 0.717) is 24.1 Å². The first kappa shape index (κ1) is 7.09. The normalized spacial score (nSPS) is 22.2. The molecule has 0 fully saturated rings. The van der Waals surface area contributed by atoms with Crippen LogP contribution in [0.1, 0.15) is 6.42 Å². The number of carbonyl (C=O) groups is 2. The number of aliphatic hydroxyl groups excluding tert-OH is 1. The number of ketones is 2. The summed E-state index contributed by atoms with van der Waals surface area (Å²) in [6, 6.07) is 0. The van der Waals surface area contributed by atoms with Crippen LogP contribution >= 0.6 is 0 Å². The number of hydrogen-bond donors (Lipinski definition) is 2. The highest BCUT2D eigenvalue weighted by atomic mass is 16.3. The van der Waals surface area contributed by atoms with Gasteiger partial charge >= 0.3 is 0 Å². The Hall–Kier alpha value is -1.58. The Labute approximate surface area is 68.6 Å². The first-order chi connectivity index (χ1) is 5.70. The van der Waals surface area contributed by atoms with Crippen molar-refractivity contribution in [2.75, 3.05) is 6.54 Å². The maximum Gasteiger partial charge on any atom is 0.267 e. The summed E-state index contributed by atoms with van der Waals surface area (Å²) in [5.41, 5.74) is 1.05. The molecule has 1 aliphatic carbocycles. The number of allylic oxidation sites excluding steroid dienone is 2. The maximum absolute atomic E-state index is 11.1. The molecule has 0 aromatic carbocycles. The number of hydrogen-bond acceptors (Lipinski definition) is 4. The van der Waals surface area contributed by atoms with E-state index in [2.05, 4.69) is 5.32 Å². The van der Waals surface area contributed by atoms with Crippen LogP contribution in [0, 0.1) is 0 Å². The molecule has 2 rings (SSSR count). The lowest BCUT2D eigenvalue weighted by atomic mass is 9.89. The van der Waals surface area contributed by atoms with Crippen molar-refractivity contribution in [2.24, 2.45) is 0 Å². The quantitative estimate of drug-likeness (QED) is 0.489. The van der Waals surface area contributed by atoms with Gasteiger partial charge in [-0.15, -0.1) is 0 Å². The van der Waals surface area contributed by atoms with E-state index in [1.807, 2.05) is 0 Å². The zero-order chi connectivity index (χ0) is 8.72. The van der Waals surface area contributed by atoms with Crippen molar-refractivity contribution >= 4 is 11.6 Å². The van der Waals surface area contributed by atoms with Crippen LogP contribution in [0.2, 0.25) is 0 Å². The Morgan fingerprint density at radius 2 is 2.08 bits per heavy atom. The molecule has 0 radical (unpaired) electrons. The van der Waals surface area contributed by atoms with Gasteiger partial charge < -0.3 is 10.4 Å². The third-order valence-corrected chi connectivity index (χ3v) is 2.04. The van der Waals surface area contributed by atoms with Gasteiger partial charge in [0.1, 0.15) is 0 Å². The predicted octanol–water partition coefficient (Wildman–Crippen LogP) is -0.173. The van der Waals surface area contributed by atoms with Crippen molar-refractivity contribution < 1.29 is 14.7 Å². The van der Waals surface area contributed by atoms with Crippen LogP contribution in [0.5, 0.6) is 0 Å². The molecular formula is C8H7NO3. The van der Waals surface area contributed by atoms with Gasteiger partial charge in [0, 0.05) is 24.7 Å². The Bertz CT molecular complexity index is 334. The van der Waals surface area contributed by atoms with Gasteiger partial charge in [-0.25, -0.2) is 0 Å². The van der Waals surface area contributed by atoms with Crippen LogP contribution in [0.15, 0.2) is 23.1 Å². The molecule has 0 unspecified atom stereocenters. The zero-order valence-corrected chi connectivity index (χ0v) is 6.26. The molecule has 2 bridgehead atoms. The van der Waals surface area contributed by atoms with Crippen molar-refractivity contribution in [3.05, 3.63) is 23.1 Å². The molecule has 0 amide bonds. The molecule has 4 nitrogen and oxygen atoms in total. The van der Waals surface area contributed by atoms with E-state index < -0.39 is 11.6 Å². The Morgan fingerprint density at radius 1 is 1.33 bits per heavy atom. The number of fused-ring (bicyclic) bond motifs is 2. The summed E-state index contributed by atoms with van der Waals surface area (Å²) in [4.78, 5) is 22.1. The van der Waals surface area contributed by atoms with Crippen LogP contribution in [-0.2, 0) is 9.59 Å². The SMILES string of the molecule is O=C1C(=O)C(O)=C2CNC=C1C2. The molecule has 0 spiro atoms. The van der Waals surface area contributed by atoms with Gasteiger partial charge in [0.15, 0.2) is 5.76 Å². The number of Topliss-reactive ketones (excluding diaryl/α,β-unsaturated/α-hetero) is 2. The summed E-state index contributed by atoms with van der Waals surface area (Å²) in [5, 5.41) is 12.0. The van der Waals surface area contributed by atoms with E-state index in [-0.39, 0.29) is 5.76 Å². The van der Waals surface area contributed by atoms with E-state index in [1.165, 1.54) is 6.20 Å². The van der Waals surface area contributed by atoms with Crippen LogP contribution in [0.4, 0.5) is 0 Å². The maximum atomic E-state index is 11.1. The van der Waals surface area contributed by atoms with Crippen molar-refractivity contribution in [2.45, 2.75) is 6.42 Å². The second-order valence-electron chi connectivity index (χ2n) is 2.84. The highest BCUT2D eigenvalue weighted by Crippen LogP contribution is 2.24. The number of carbonyl (C=O) groups excluding carboxylic acids is 2. The van der Waals surface area contributed by atoms with Crippen molar-refractivity contribution in [1.82, 2.24) is 5.32 Å². The molecule has 1 heterocycles. The lowest BCUT2D eigenvalue weighted by molar-refractivity contribution is -0.134. The van der Waals surface area contributed by atoms with E-state index in [1.54, 1.807) is 0 Å². The molecule has 0 saturated carbocycles. The van der Waals surface area contributed by atoms with Crippen molar-refractivity contribution in [3.8, 4) is 0 Å². The molecule has 62 valence electrons. The highest BCUT2D eigenvalue weighted by Gasteiger charge is 2.32. The average molecular weight is 165 g/mol. The minimum absolute atomic E-state index is 0.371. The van der Waals surface area contributed by atoms with Gasteiger partial charge in [-0.1, -0.05) is 0 Å². The molecule has 0 saturated heterocycles. The number of nitrogens with one attached hydrogen (secondary N) is 1. The number of aliphatic hydroxyl groups is 1. The second-order valence-corrected chi connectivity index (χ2v) is 2.84. The first-order valence-corrected chi connectivity index (χ1v) is 3.62. The first-order valence-electron chi connectivity index (χ1n) is 3.62. The van der Waals surface area contributed by atoms with Crippen molar-refractivity contribution in [1.29, 1.82) is 0 Å². The highest BCUT2D eigenvalue weighted by molar-refractivity contribution is 6.49. The van der Waals surface area contributed by atoms with Gasteiger partial charge in [-0.3, -0.25) is 9.59 Å². The lowest BCUT2D eigenvalue weighted by Crippen LogP contribution is -2.32. The minimum atomic E-state index is -0.774. The minimum Gasteiger partial charge on any atom is -0.504 e. The topological polar surface area (TPSA) is 66.4 Å². The third-order valence-electron chi connectivity index (χ3n) is 2.04. The van der Waals surface area contributed by atoms with Gasteiger partial charge in [0.2, 0.25) is 5.78 Å². The van der Waals surface area contributed by atoms with E-state index in [4.69, 9.17) is 0 Å². The lowest BCUT2D eigenvalue weighted by Gasteiger charge is -2.21. The molecular weight excluding hydrogens is 158 g/mol. The van der Waals surface area contributed by atoms with E-state index >= 15 is 0 Å². The summed E-state index contributed by atoms with van der Waals surface area (Å²) < 4.78 is 0. The third kappa shape index (κ3) is 0.777. The summed E-state index contributed by atoms with van der Waals surface area (Å²) in [5.74, 6) is -1.74. The number of rotatable bonds is 0. The molecule has 4 heteroatoms. The molecule has 2 aliphatic rings. The van der Waals surface area contributed by atoms with E-state index in [0.717, 1.165) is 0 Å². The summed E-state index contributed by atoms with van der Waals surface area (Å²) in [6.45, 7) is 0.453. The van der Waals surface area contributed by atoms with Crippen LogP contribution < -0.4 is 5.32 Å². The Kier molecular flexibility index (Phi) is 1.30. The van der Waals surface area contributed by atoms with Crippen LogP contribution in [0.3, 0.4) is 0 Å². The van der Waals surface area contributed by atoms with Crippen molar-refractivity contribution in [3.63, 3.8) is 0 Å². The molecule has 1 aliphatic heterocycles. The molecule has 0 aromatic rings. The molecule has 12 heavy (non-hydrogen) atoms. The fourth-order valence-corrected chi connectivity index (χ4v) is 1.37. The Morgan fingerprint density at radius 3 is 2.83 bits per heavy atom. The van der Waals surface area contributed by atoms with Gasteiger partial charge in [-0.2, -0.15) is 0 Å². The summed E-state index contributed by atoms with van der Waals surface area (Å²) >= 11 is 0.